The monoisotopic (exact) mass is 421 g/mol. The predicted octanol–water partition coefficient (Wildman–Crippen LogP) is 2.75. The minimum Gasteiger partial charge on any atom is -0.366 e. The summed E-state index contributed by atoms with van der Waals surface area (Å²) in [4.78, 5) is 13.2. The van der Waals surface area contributed by atoms with E-state index in [0.717, 1.165) is 44.2 Å². The van der Waals surface area contributed by atoms with Crippen molar-refractivity contribution >= 4 is 11.6 Å². The molecule has 0 radical (unpaired) electrons. The maximum Gasteiger partial charge on any atom is 0.194 e. The summed E-state index contributed by atoms with van der Waals surface area (Å²) in [6, 6.07) is 15.4. The quantitative estimate of drug-likeness (QED) is 0.490. The predicted molar refractivity (Wildman–Crippen MR) is 121 cm³/mol. The largest absolute Gasteiger partial charge is 0.366 e. The molecule has 1 N–H and O–H groups in total. The van der Waals surface area contributed by atoms with Crippen LogP contribution in [0.4, 0.5) is 10.1 Å². The van der Waals surface area contributed by atoms with E-state index in [0.29, 0.717) is 18.8 Å². The molecule has 1 saturated heterocycles. The molecule has 2 aromatic carbocycles. The average Bonchev–Trinajstić information content (AvgIpc) is 3.30. The van der Waals surface area contributed by atoms with E-state index in [1.54, 1.807) is 18.7 Å². The standard InChI is InChI=1S/C23H28FN7/c1-2-26-23(30-12-10-29(11-13-30)22-9-4-3-8-21(22)24)27-15-19-6-5-7-20(14-19)16-31-18-25-17-28-31/h3-9,14,17-18H,2,10-13,15-16H2,1H3,(H,26,27). The van der Waals surface area contributed by atoms with E-state index in [9.17, 15) is 4.39 Å². The number of aromatic nitrogens is 3. The molecule has 0 amide bonds. The second kappa shape index (κ2) is 10.1. The van der Waals surface area contributed by atoms with E-state index in [2.05, 4.69) is 56.4 Å². The van der Waals surface area contributed by atoms with Crippen LogP contribution in [0.5, 0.6) is 0 Å². The number of piperazine rings is 1. The fraction of sp³-hybridized carbons (Fsp3) is 0.348. The highest BCUT2D eigenvalue weighted by molar-refractivity contribution is 5.80. The van der Waals surface area contributed by atoms with Crippen LogP contribution in [0.1, 0.15) is 18.1 Å². The minimum atomic E-state index is -0.165. The molecule has 0 aliphatic carbocycles. The number of nitrogens with one attached hydrogen (secondary N) is 1. The van der Waals surface area contributed by atoms with Gasteiger partial charge in [0.2, 0.25) is 0 Å². The topological polar surface area (TPSA) is 61.6 Å². The van der Waals surface area contributed by atoms with E-state index in [4.69, 9.17) is 4.99 Å². The van der Waals surface area contributed by atoms with Gasteiger partial charge >= 0.3 is 0 Å². The van der Waals surface area contributed by atoms with E-state index in [-0.39, 0.29) is 5.82 Å². The normalized spacial score (nSPS) is 14.7. The lowest BCUT2D eigenvalue weighted by molar-refractivity contribution is 0.370. The zero-order valence-electron chi connectivity index (χ0n) is 17.8. The summed E-state index contributed by atoms with van der Waals surface area (Å²) in [7, 11) is 0. The van der Waals surface area contributed by atoms with Crippen LogP contribution < -0.4 is 10.2 Å². The molecule has 1 aliphatic heterocycles. The highest BCUT2D eigenvalue weighted by Gasteiger charge is 2.21. The van der Waals surface area contributed by atoms with Crippen LogP contribution in [-0.2, 0) is 13.1 Å². The fourth-order valence-electron chi connectivity index (χ4n) is 3.79. The molecule has 1 aliphatic rings. The molecule has 0 atom stereocenters. The van der Waals surface area contributed by atoms with Crippen LogP contribution in [0.3, 0.4) is 0 Å². The van der Waals surface area contributed by atoms with Gasteiger partial charge in [-0.3, -0.25) is 0 Å². The second-order valence-corrected chi connectivity index (χ2v) is 7.51. The lowest BCUT2D eigenvalue weighted by Crippen LogP contribution is -2.52. The van der Waals surface area contributed by atoms with E-state index < -0.39 is 0 Å². The van der Waals surface area contributed by atoms with Gasteiger partial charge in [-0.2, -0.15) is 5.10 Å². The molecule has 1 fully saturated rings. The molecular formula is C23H28FN7. The number of rotatable bonds is 6. The number of hydrogen-bond acceptors (Lipinski definition) is 4. The lowest BCUT2D eigenvalue weighted by atomic mass is 10.1. The fourth-order valence-corrected chi connectivity index (χ4v) is 3.79. The van der Waals surface area contributed by atoms with Crippen LogP contribution in [0.15, 0.2) is 66.2 Å². The van der Waals surface area contributed by atoms with Crippen molar-refractivity contribution in [2.24, 2.45) is 4.99 Å². The van der Waals surface area contributed by atoms with Gasteiger partial charge in [0.25, 0.3) is 0 Å². The molecule has 0 unspecified atom stereocenters. The van der Waals surface area contributed by atoms with Crippen molar-refractivity contribution in [1.82, 2.24) is 25.0 Å². The number of guanidine groups is 1. The molecule has 0 bridgehead atoms. The Hall–Kier alpha value is -3.42. The molecule has 1 aromatic heterocycles. The van der Waals surface area contributed by atoms with Crippen molar-refractivity contribution in [1.29, 1.82) is 0 Å². The number of para-hydroxylation sites is 1. The summed E-state index contributed by atoms with van der Waals surface area (Å²) in [6.45, 7) is 7.29. The number of anilines is 1. The first-order valence-corrected chi connectivity index (χ1v) is 10.7. The second-order valence-electron chi connectivity index (χ2n) is 7.51. The van der Waals surface area contributed by atoms with Crippen LogP contribution in [0.25, 0.3) is 0 Å². The molecule has 3 aromatic rings. The number of halogens is 1. The van der Waals surface area contributed by atoms with Gasteiger partial charge < -0.3 is 15.1 Å². The molecule has 2 heterocycles. The highest BCUT2D eigenvalue weighted by Crippen LogP contribution is 2.20. The molecule has 4 rings (SSSR count). The van der Waals surface area contributed by atoms with Crippen LogP contribution in [0.2, 0.25) is 0 Å². The van der Waals surface area contributed by atoms with Crippen LogP contribution >= 0.6 is 0 Å². The van der Waals surface area contributed by atoms with Crippen molar-refractivity contribution in [3.63, 3.8) is 0 Å². The molecule has 31 heavy (non-hydrogen) atoms. The summed E-state index contributed by atoms with van der Waals surface area (Å²) in [5.74, 6) is 0.736. The van der Waals surface area contributed by atoms with E-state index in [1.807, 2.05) is 16.8 Å². The molecule has 0 spiro atoms. The number of benzene rings is 2. The van der Waals surface area contributed by atoms with Gasteiger partial charge in [-0.05, 0) is 30.2 Å². The zero-order valence-corrected chi connectivity index (χ0v) is 17.8. The highest BCUT2D eigenvalue weighted by atomic mass is 19.1. The Bertz CT molecular complexity index is 995. The van der Waals surface area contributed by atoms with Crippen molar-refractivity contribution in [2.45, 2.75) is 20.0 Å². The van der Waals surface area contributed by atoms with Crippen LogP contribution in [0, 0.1) is 5.82 Å². The summed E-state index contributed by atoms with van der Waals surface area (Å²) in [6.07, 6.45) is 3.26. The minimum absolute atomic E-state index is 0.165. The third kappa shape index (κ3) is 5.39. The third-order valence-corrected chi connectivity index (χ3v) is 5.32. The summed E-state index contributed by atoms with van der Waals surface area (Å²) in [5.41, 5.74) is 2.99. The maximum absolute atomic E-state index is 14.1. The van der Waals surface area contributed by atoms with Crippen LogP contribution in [-0.4, -0.2) is 58.3 Å². The Labute approximate surface area is 182 Å². The summed E-state index contributed by atoms with van der Waals surface area (Å²) in [5, 5.41) is 7.57. The van der Waals surface area contributed by atoms with Gasteiger partial charge in [0.05, 0.1) is 18.8 Å². The van der Waals surface area contributed by atoms with Crippen molar-refractivity contribution in [3.8, 4) is 0 Å². The first kappa shape index (κ1) is 20.8. The lowest BCUT2D eigenvalue weighted by Gasteiger charge is -2.37. The van der Waals surface area contributed by atoms with Gasteiger partial charge in [-0.25, -0.2) is 19.0 Å². The molecule has 8 heteroatoms. The summed E-state index contributed by atoms with van der Waals surface area (Å²) < 4.78 is 15.9. The Balaban J connectivity index is 1.39. The molecule has 7 nitrogen and oxygen atoms in total. The van der Waals surface area contributed by atoms with Crippen molar-refractivity contribution < 1.29 is 4.39 Å². The van der Waals surface area contributed by atoms with Gasteiger partial charge in [0, 0.05) is 32.7 Å². The maximum atomic E-state index is 14.1. The molecular weight excluding hydrogens is 393 g/mol. The number of nitrogens with zero attached hydrogens (tertiary/aromatic N) is 6. The van der Waals surface area contributed by atoms with Gasteiger partial charge in [-0.1, -0.05) is 36.4 Å². The van der Waals surface area contributed by atoms with Gasteiger partial charge in [0.1, 0.15) is 18.5 Å². The Morgan fingerprint density at radius 3 is 2.61 bits per heavy atom. The number of hydrogen-bond donors (Lipinski definition) is 1. The first-order valence-electron chi connectivity index (χ1n) is 10.7. The van der Waals surface area contributed by atoms with Crippen molar-refractivity contribution in [2.75, 3.05) is 37.6 Å². The Morgan fingerprint density at radius 2 is 1.87 bits per heavy atom. The molecule has 162 valence electrons. The molecule has 0 saturated carbocycles. The van der Waals surface area contributed by atoms with Crippen molar-refractivity contribution in [3.05, 3.63) is 78.1 Å². The summed E-state index contributed by atoms with van der Waals surface area (Å²) >= 11 is 0. The van der Waals surface area contributed by atoms with E-state index in [1.165, 1.54) is 11.6 Å². The van der Waals surface area contributed by atoms with E-state index >= 15 is 0 Å². The Morgan fingerprint density at radius 1 is 1.06 bits per heavy atom. The van der Waals surface area contributed by atoms with Gasteiger partial charge in [-0.15, -0.1) is 0 Å². The number of aliphatic imine (C=N–C) groups is 1. The Kier molecular flexibility index (Phi) is 6.76. The van der Waals surface area contributed by atoms with Gasteiger partial charge in [0.15, 0.2) is 5.96 Å². The zero-order chi connectivity index (χ0) is 21.5. The first-order chi connectivity index (χ1) is 15.2. The SMILES string of the molecule is CCNC(=NCc1cccc(Cn2cncn2)c1)N1CCN(c2ccccc2F)CC1. The third-order valence-electron chi connectivity index (χ3n) is 5.32. The average molecular weight is 422 g/mol. The smallest absolute Gasteiger partial charge is 0.194 e.